The Labute approximate surface area is 223 Å². The number of carbonyl (C=O) groups is 2. The van der Waals surface area contributed by atoms with Crippen LogP contribution in [0.25, 0.3) is 11.3 Å². The Hall–Kier alpha value is -3.32. The fourth-order valence-electron chi connectivity index (χ4n) is 4.25. The molecule has 2 aromatic heterocycles. The fraction of sp³-hybridized carbons (Fsp3) is 0.375. The van der Waals surface area contributed by atoms with Crippen LogP contribution in [0.15, 0.2) is 24.3 Å². The summed E-state index contributed by atoms with van der Waals surface area (Å²) >= 11 is 7.58. The largest absolute Gasteiger partial charge is 0.365 e. The second kappa shape index (κ2) is 11.8. The zero-order valence-corrected chi connectivity index (χ0v) is 22.2. The number of benzene rings is 1. The molecular weight excluding hydrogens is 516 g/mol. The Morgan fingerprint density at radius 1 is 1.16 bits per heavy atom. The average molecular weight is 545 g/mol. The van der Waals surface area contributed by atoms with E-state index in [1.807, 2.05) is 32.0 Å². The summed E-state index contributed by atoms with van der Waals surface area (Å²) < 4.78 is 0. The molecule has 0 atom stereocenters. The second-order valence-electron chi connectivity index (χ2n) is 8.74. The number of rotatable bonds is 9. The number of halogens is 1. The minimum atomic E-state index is -0.575. The number of thiazole rings is 1. The van der Waals surface area contributed by atoms with Gasteiger partial charge in [0, 0.05) is 44.2 Å². The lowest BCUT2D eigenvalue weighted by molar-refractivity contribution is -0.129. The maximum Gasteiger partial charge on any atom is 0.261 e. The van der Waals surface area contributed by atoms with Gasteiger partial charge in [0.05, 0.1) is 10.7 Å². The first-order chi connectivity index (χ1) is 17.7. The van der Waals surface area contributed by atoms with Gasteiger partial charge >= 0.3 is 0 Å². The van der Waals surface area contributed by atoms with Crippen LogP contribution in [0.3, 0.4) is 0 Å². The number of piperazine rings is 1. The first-order valence-electron chi connectivity index (χ1n) is 11.8. The molecule has 1 aromatic carbocycles. The summed E-state index contributed by atoms with van der Waals surface area (Å²) in [6, 6.07) is 7.37. The van der Waals surface area contributed by atoms with Crippen LogP contribution >= 0.6 is 22.9 Å². The van der Waals surface area contributed by atoms with Gasteiger partial charge in [-0.2, -0.15) is 0 Å². The molecule has 5 N–H and O–H groups in total. The molecule has 0 aliphatic carbocycles. The van der Waals surface area contributed by atoms with Gasteiger partial charge in [0.2, 0.25) is 5.91 Å². The van der Waals surface area contributed by atoms with Gasteiger partial charge in [0.25, 0.3) is 5.91 Å². The summed E-state index contributed by atoms with van der Waals surface area (Å²) in [5, 5.41) is 12.8. The highest BCUT2D eigenvalue weighted by Gasteiger charge is 2.22. The monoisotopic (exact) mass is 544 g/mol. The molecule has 3 heterocycles. The van der Waals surface area contributed by atoms with E-state index in [9.17, 15) is 9.59 Å². The number of hydrogen-bond acceptors (Lipinski definition) is 10. The molecule has 0 bridgehead atoms. The Kier molecular flexibility index (Phi) is 8.54. The molecule has 1 saturated heterocycles. The molecule has 0 spiro atoms. The summed E-state index contributed by atoms with van der Waals surface area (Å²) in [5.74, 6) is 1.02. The summed E-state index contributed by atoms with van der Waals surface area (Å²) in [4.78, 5) is 41.9. The Morgan fingerprint density at radius 2 is 1.92 bits per heavy atom. The predicted molar refractivity (Wildman–Crippen MR) is 144 cm³/mol. The second-order valence-corrected chi connectivity index (χ2v) is 10.1. The van der Waals surface area contributed by atoms with Crippen LogP contribution in [0.5, 0.6) is 0 Å². The molecule has 1 fully saturated rings. The number of amides is 2. The normalized spacial score (nSPS) is 14.0. The SMILES string of the molecule is Cc1nc(Nc2nc(-c3c(C)cccc3Cl)c(C(N)=O)s2)cc(N2CCN(CCCC(=O)NO)CC2)n1. The predicted octanol–water partition coefficient (Wildman–Crippen LogP) is 3.12. The minimum absolute atomic E-state index is 0.294. The highest BCUT2D eigenvalue weighted by Crippen LogP contribution is 2.37. The van der Waals surface area contributed by atoms with Gasteiger partial charge in [-0.15, -0.1) is 0 Å². The number of nitrogens with two attached hydrogens (primary N) is 1. The highest BCUT2D eigenvalue weighted by atomic mass is 35.5. The smallest absolute Gasteiger partial charge is 0.261 e. The van der Waals surface area contributed by atoms with E-state index in [0.717, 1.165) is 55.4 Å². The van der Waals surface area contributed by atoms with E-state index < -0.39 is 5.91 Å². The van der Waals surface area contributed by atoms with Crippen molar-refractivity contribution in [3.63, 3.8) is 0 Å². The van der Waals surface area contributed by atoms with Crippen LogP contribution in [-0.4, -0.2) is 69.6 Å². The van der Waals surface area contributed by atoms with Crippen molar-refractivity contribution < 1.29 is 14.8 Å². The van der Waals surface area contributed by atoms with Gasteiger partial charge in [0.1, 0.15) is 22.3 Å². The summed E-state index contributed by atoms with van der Waals surface area (Å²) in [6.45, 7) is 7.75. The Balaban J connectivity index is 1.48. The van der Waals surface area contributed by atoms with Crippen LogP contribution < -0.4 is 21.4 Å². The van der Waals surface area contributed by atoms with Gasteiger partial charge in [-0.25, -0.2) is 20.4 Å². The molecule has 4 rings (SSSR count). The minimum Gasteiger partial charge on any atom is -0.365 e. The van der Waals surface area contributed by atoms with Crippen LogP contribution in [0, 0.1) is 13.8 Å². The van der Waals surface area contributed by atoms with Crippen molar-refractivity contribution >= 4 is 51.5 Å². The molecule has 0 unspecified atom stereocenters. The molecule has 13 heteroatoms. The van der Waals surface area contributed by atoms with Gasteiger partial charge < -0.3 is 16.0 Å². The quantitative estimate of drug-likeness (QED) is 0.235. The first-order valence-corrected chi connectivity index (χ1v) is 13.0. The first kappa shape index (κ1) is 26.7. The number of aryl methyl sites for hydroxylation is 2. The van der Waals surface area contributed by atoms with Crippen molar-refractivity contribution in [1.29, 1.82) is 0 Å². The van der Waals surface area contributed by atoms with Crippen LogP contribution in [0.1, 0.15) is 33.9 Å². The number of nitrogens with zero attached hydrogens (tertiary/aromatic N) is 5. The number of nitrogens with one attached hydrogen (secondary N) is 2. The lowest BCUT2D eigenvalue weighted by atomic mass is 10.0. The van der Waals surface area contributed by atoms with E-state index in [1.165, 1.54) is 0 Å². The highest BCUT2D eigenvalue weighted by molar-refractivity contribution is 7.18. The van der Waals surface area contributed by atoms with E-state index in [1.54, 1.807) is 11.5 Å². The third-order valence-electron chi connectivity index (χ3n) is 6.07. The lowest BCUT2D eigenvalue weighted by Crippen LogP contribution is -2.47. The number of hydroxylamine groups is 1. The molecular formula is C24H29ClN8O3S. The van der Waals surface area contributed by atoms with Crippen molar-refractivity contribution in [2.45, 2.75) is 26.7 Å². The van der Waals surface area contributed by atoms with Crippen molar-refractivity contribution in [3.05, 3.63) is 45.6 Å². The fourth-order valence-corrected chi connectivity index (χ4v) is 5.39. The van der Waals surface area contributed by atoms with Crippen LogP contribution in [0.2, 0.25) is 5.02 Å². The molecule has 0 radical (unpaired) electrons. The van der Waals surface area contributed by atoms with E-state index in [2.05, 4.69) is 30.1 Å². The van der Waals surface area contributed by atoms with Gasteiger partial charge in [-0.1, -0.05) is 35.1 Å². The van der Waals surface area contributed by atoms with E-state index in [4.69, 9.17) is 22.5 Å². The molecule has 2 amide bonds. The van der Waals surface area contributed by atoms with Gasteiger partial charge in [-0.05, 0) is 38.4 Å². The number of anilines is 3. The Bertz CT molecular complexity index is 1270. The summed E-state index contributed by atoms with van der Waals surface area (Å²) in [7, 11) is 0. The summed E-state index contributed by atoms with van der Waals surface area (Å²) in [5.41, 5.74) is 9.34. The third-order valence-corrected chi connectivity index (χ3v) is 7.37. The zero-order valence-electron chi connectivity index (χ0n) is 20.6. The number of aromatic nitrogens is 3. The van der Waals surface area contributed by atoms with Crippen molar-refractivity contribution in [2.75, 3.05) is 42.9 Å². The van der Waals surface area contributed by atoms with E-state index >= 15 is 0 Å². The van der Waals surface area contributed by atoms with Crippen molar-refractivity contribution in [3.8, 4) is 11.3 Å². The molecule has 3 aromatic rings. The van der Waals surface area contributed by atoms with Gasteiger partial charge in [0.15, 0.2) is 5.13 Å². The molecule has 1 aliphatic rings. The van der Waals surface area contributed by atoms with Crippen LogP contribution in [-0.2, 0) is 4.79 Å². The zero-order chi connectivity index (χ0) is 26.5. The molecule has 196 valence electrons. The maximum atomic E-state index is 12.2. The number of primary amides is 1. The molecule has 11 nitrogen and oxygen atoms in total. The average Bonchev–Trinajstić information content (AvgIpc) is 3.27. The van der Waals surface area contributed by atoms with Crippen molar-refractivity contribution in [2.24, 2.45) is 5.73 Å². The molecule has 1 aliphatic heterocycles. The molecule has 37 heavy (non-hydrogen) atoms. The lowest BCUT2D eigenvalue weighted by Gasteiger charge is -2.35. The Morgan fingerprint density at radius 3 is 2.59 bits per heavy atom. The molecule has 0 saturated carbocycles. The standard InChI is InChI=1S/C24H29ClN8O3S/c1-14-5-3-6-16(25)20(14)21-22(23(26)35)37-24(30-21)29-17-13-18(28-15(2)27-17)33-11-9-32(10-12-33)8-4-7-19(34)31-36/h3,5-6,13,36H,4,7-12H2,1-2H3,(H2,26,35)(H,31,34)(H,27,28,29,30). The van der Waals surface area contributed by atoms with Crippen molar-refractivity contribution in [1.82, 2.24) is 25.3 Å². The summed E-state index contributed by atoms with van der Waals surface area (Å²) in [6.07, 6.45) is 0.979. The number of carbonyl (C=O) groups excluding carboxylic acids is 2. The third kappa shape index (κ3) is 6.52. The van der Waals surface area contributed by atoms with E-state index in [-0.39, 0.29) is 5.91 Å². The topological polar surface area (TPSA) is 150 Å². The van der Waals surface area contributed by atoms with Crippen LogP contribution in [0.4, 0.5) is 16.8 Å². The maximum absolute atomic E-state index is 12.2. The van der Waals surface area contributed by atoms with Gasteiger partial charge in [-0.3, -0.25) is 19.7 Å². The number of hydrogen-bond donors (Lipinski definition) is 4. The van der Waals surface area contributed by atoms with E-state index in [0.29, 0.717) is 50.8 Å².